The van der Waals surface area contributed by atoms with Gasteiger partial charge in [-0.05, 0) is 35.8 Å². The van der Waals surface area contributed by atoms with E-state index in [1.165, 1.54) is 24.1 Å². The van der Waals surface area contributed by atoms with Crippen molar-refractivity contribution in [2.45, 2.75) is 32.6 Å². The van der Waals surface area contributed by atoms with Crippen LogP contribution in [0.15, 0.2) is 12.1 Å². The zero-order valence-corrected chi connectivity index (χ0v) is 9.30. The molecule has 1 heterocycles. The van der Waals surface area contributed by atoms with Gasteiger partial charge in [0, 0.05) is 11.6 Å². The fourth-order valence-corrected chi connectivity index (χ4v) is 3.20. The number of halogens is 1. The van der Waals surface area contributed by atoms with Gasteiger partial charge in [-0.1, -0.05) is 31.5 Å². The van der Waals surface area contributed by atoms with Gasteiger partial charge >= 0.3 is 0 Å². The molecule has 0 unspecified atom stereocenters. The molecule has 0 saturated heterocycles. The Labute approximate surface area is 89.5 Å². The second kappa shape index (κ2) is 2.52. The van der Waals surface area contributed by atoms with Gasteiger partial charge in [0.1, 0.15) is 5.15 Å². The molecule has 0 aliphatic heterocycles. The van der Waals surface area contributed by atoms with E-state index in [1.807, 2.05) is 6.07 Å². The highest BCUT2D eigenvalue weighted by atomic mass is 35.5. The summed E-state index contributed by atoms with van der Waals surface area (Å²) in [6.45, 7) is 4.72. The summed E-state index contributed by atoms with van der Waals surface area (Å²) in [7, 11) is 0. The fourth-order valence-electron chi connectivity index (χ4n) is 3.05. The van der Waals surface area contributed by atoms with Crippen molar-refractivity contribution in [3.8, 4) is 0 Å². The van der Waals surface area contributed by atoms with E-state index in [4.69, 9.17) is 11.6 Å². The van der Waals surface area contributed by atoms with Crippen LogP contribution in [0.5, 0.6) is 0 Å². The lowest BCUT2D eigenvalue weighted by Gasteiger charge is -2.56. The molecule has 1 nitrogen and oxygen atoms in total. The fraction of sp³-hybridized carbons (Fsp3) is 0.583. The van der Waals surface area contributed by atoms with Crippen molar-refractivity contribution in [1.29, 1.82) is 0 Å². The lowest BCUT2D eigenvalue weighted by atomic mass is 9.48. The van der Waals surface area contributed by atoms with Crippen LogP contribution >= 0.6 is 11.6 Å². The van der Waals surface area contributed by atoms with Crippen LogP contribution in [0.2, 0.25) is 5.15 Å². The summed E-state index contributed by atoms with van der Waals surface area (Å²) in [6.07, 6.45) is 2.51. The molecule has 0 radical (unpaired) electrons. The van der Waals surface area contributed by atoms with Gasteiger partial charge in [-0.2, -0.15) is 0 Å². The molecule has 1 fully saturated rings. The Bertz CT molecular complexity index is 397. The Balaban J connectivity index is 2.13. The zero-order valence-electron chi connectivity index (χ0n) is 8.55. The second-order valence-electron chi connectivity index (χ2n) is 5.19. The van der Waals surface area contributed by atoms with E-state index in [-0.39, 0.29) is 0 Å². The molecule has 1 saturated carbocycles. The van der Waals surface area contributed by atoms with Crippen LogP contribution in [-0.2, 0) is 6.42 Å². The smallest absolute Gasteiger partial charge is 0.129 e. The van der Waals surface area contributed by atoms with Crippen molar-refractivity contribution in [1.82, 2.24) is 4.98 Å². The average molecular weight is 208 g/mol. The highest BCUT2D eigenvalue weighted by Gasteiger charge is 2.53. The van der Waals surface area contributed by atoms with Gasteiger partial charge in [0.25, 0.3) is 0 Å². The van der Waals surface area contributed by atoms with Gasteiger partial charge in [0.05, 0.1) is 0 Å². The van der Waals surface area contributed by atoms with Crippen molar-refractivity contribution in [3.05, 3.63) is 28.5 Å². The molecule has 2 atom stereocenters. The van der Waals surface area contributed by atoms with E-state index in [0.717, 1.165) is 5.92 Å². The van der Waals surface area contributed by atoms with E-state index < -0.39 is 0 Å². The largest absolute Gasteiger partial charge is 0.241 e. The molecule has 3 aliphatic carbocycles. The normalized spacial score (nSPS) is 31.9. The van der Waals surface area contributed by atoms with E-state index in [0.29, 0.717) is 16.5 Å². The van der Waals surface area contributed by atoms with Crippen LogP contribution < -0.4 is 0 Å². The second-order valence-corrected chi connectivity index (χ2v) is 5.58. The lowest BCUT2D eigenvalue weighted by Crippen LogP contribution is -2.48. The van der Waals surface area contributed by atoms with Crippen molar-refractivity contribution < 1.29 is 0 Å². The van der Waals surface area contributed by atoms with E-state index in [9.17, 15) is 0 Å². The molecule has 2 heteroatoms. The first-order valence-corrected chi connectivity index (χ1v) is 5.62. The molecular weight excluding hydrogens is 194 g/mol. The molecule has 4 rings (SSSR count). The highest BCUT2D eigenvalue weighted by Crippen LogP contribution is 2.61. The van der Waals surface area contributed by atoms with Crippen LogP contribution in [-0.4, -0.2) is 4.98 Å². The van der Waals surface area contributed by atoms with Gasteiger partial charge in [-0.3, -0.25) is 0 Å². The molecule has 1 aromatic rings. The van der Waals surface area contributed by atoms with E-state index >= 15 is 0 Å². The molecule has 0 amide bonds. The monoisotopic (exact) mass is 207 g/mol. The maximum absolute atomic E-state index is 5.94. The van der Waals surface area contributed by atoms with Gasteiger partial charge in [-0.25, -0.2) is 4.98 Å². The molecule has 0 N–H and O–H groups in total. The summed E-state index contributed by atoms with van der Waals surface area (Å²) in [5, 5.41) is 0.643. The number of nitrogens with zero attached hydrogens (tertiary/aromatic N) is 1. The third-order valence-corrected chi connectivity index (χ3v) is 4.46. The number of aromatic nitrogens is 1. The Kier molecular flexibility index (Phi) is 1.57. The van der Waals surface area contributed by atoms with Crippen LogP contribution in [0.25, 0.3) is 0 Å². The molecule has 3 aliphatic rings. The molecular formula is C12H14ClN. The van der Waals surface area contributed by atoms with Crippen molar-refractivity contribution >= 4 is 11.6 Å². The molecule has 2 bridgehead atoms. The standard InChI is InChI=1S/C12H14ClN/c1-12(2)8-5-7-3-4-10(13)14-11(7)9(12)6-8/h3-4,8-9H,5-6H2,1-2H3/t8-,9-/m0/s1. The maximum atomic E-state index is 5.94. The average Bonchev–Trinajstić information content (AvgIpc) is 2.16. The molecule has 1 aromatic heterocycles. The van der Waals surface area contributed by atoms with Crippen LogP contribution in [0, 0.1) is 11.3 Å². The van der Waals surface area contributed by atoms with Crippen molar-refractivity contribution in [3.63, 3.8) is 0 Å². The minimum Gasteiger partial charge on any atom is -0.241 e. The zero-order chi connectivity index (χ0) is 9.92. The maximum Gasteiger partial charge on any atom is 0.129 e. The topological polar surface area (TPSA) is 12.9 Å². The van der Waals surface area contributed by atoms with Crippen LogP contribution in [0.1, 0.15) is 37.4 Å². The Hall–Kier alpha value is -0.560. The van der Waals surface area contributed by atoms with Gasteiger partial charge in [0.2, 0.25) is 0 Å². The molecule has 0 spiro atoms. The quantitative estimate of drug-likeness (QED) is 0.594. The van der Waals surface area contributed by atoms with Crippen molar-refractivity contribution in [2.75, 3.05) is 0 Å². The first-order chi connectivity index (χ1) is 6.59. The Morgan fingerprint density at radius 1 is 1.43 bits per heavy atom. The molecule has 74 valence electrons. The van der Waals surface area contributed by atoms with Crippen molar-refractivity contribution in [2.24, 2.45) is 11.3 Å². The number of pyridine rings is 1. The van der Waals surface area contributed by atoms with E-state index in [1.54, 1.807) is 0 Å². The molecule has 14 heavy (non-hydrogen) atoms. The minimum absolute atomic E-state index is 0.449. The minimum atomic E-state index is 0.449. The van der Waals surface area contributed by atoms with Gasteiger partial charge in [0.15, 0.2) is 0 Å². The number of hydrogen-bond acceptors (Lipinski definition) is 1. The summed E-state index contributed by atoms with van der Waals surface area (Å²) in [5.41, 5.74) is 3.14. The molecule has 0 aromatic carbocycles. The predicted molar refractivity (Wildman–Crippen MR) is 57.6 cm³/mol. The summed E-state index contributed by atoms with van der Waals surface area (Å²) >= 11 is 5.94. The SMILES string of the molecule is CC1(C)[C@H]2Cc3ccc(Cl)nc3[C@@H]1C2. The van der Waals surface area contributed by atoms with Gasteiger partial charge in [-0.15, -0.1) is 0 Å². The first kappa shape index (κ1) is 8.72. The van der Waals surface area contributed by atoms with Gasteiger partial charge < -0.3 is 0 Å². The summed E-state index contributed by atoms with van der Waals surface area (Å²) in [5.74, 6) is 1.51. The predicted octanol–water partition coefficient (Wildman–Crippen LogP) is 3.42. The summed E-state index contributed by atoms with van der Waals surface area (Å²) < 4.78 is 0. The third-order valence-electron chi connectivity index (χ3n) is 4.25. The Morgan fingerprint density at radius 2 is 2.21 bits per heavy atom. The summed E-state index contributed by atoms with van der Waals surface area (Å²) in [4.78, 5) is 4.49. The first-order valence-electron chi connectivity index (χ1n) is 5.24. The number of rotatable bonds is 0. The highest BCUT2D eigenvalue weighted by molar-refractivity contribution is 6.29. The number of hydrogen-bond donors (Lipinski definition) is 0. The van der Waals surface area contributed by atoms with Crippen LogP contribution in [0.3, 0.4) is 0 Å². The Morgan fingerprint density at radius 3 is 2.93 bits per heavy atom. The van der Waals surface area contributed by atoms with Crippen LogP contribution in [0.4, 0.5) is 0 Å². The van der Waals surface area contributed by atoms with E-state index in [2.05, 4.69) is 24.9 Å². The summed E-state index contributed by atoms with van der Waals surface area (Å²) in [6, 6.07) is 4.07. The lowest BCUT2D eigenvalue weighted by molar-refractivity contribution is 0.0155. The third kappa shape index (κ3) is 0.939.